The van der Waals surface area contributed by atoms with Gasteiger partial charge in [-0.05, 0) is 31.1 Å². The Morgan fingerprint density at radius 3 is 2.58 bits per heavy atom. The zero-order valence-corrected chi connectivity index (χ0v) is 9.48. The lowest BCUT2D eigenvalue weighted by molar-refractivity contribution is 0.0595. The molecule has 1 atom stereocenters. The SMILES string of the molecule is CCC(CBr)CC1CCOCC1. The highest BCUT2D eigenvalue weighted by Crippen LogP contribution is 2.25. The summed E-state index contributed by atoms with van der Waals surface area (Å²) in [5.41, 5.74) is 0. The van der Waals surface area contributed by atoms with Crippen LogP contribution in [-0.4, -0.2) is 18.5 Å². The summed E-state index contributed by atoms with van der Waals surface area (Å²) < 4.78 is 5.34. The van der Waals surface area contributed by atoms with Crippen molar-refractivity contribution in [3.63, 3.8) is 0 Å². The number of hydrogen-bond acceptors (Lipinski definition) is 1. The molecule has 72 valence electrons. The molecule has 12 heavy (non-hydrogen) atoms. The van der Waals surface area contributed by atoms with Gasteiger partial charge in [-0.2, -0.15) is 0 Å². The maximum atomic E-state index is 5.34. The van der Waals surface area contributed by atoms with Crippen LogP contribution in [0.2, 0.25) is 0 Å². The molecule has 1 saturated heterocycles. The van der Waals surface area contributed by atoms with E-state index in [0.29, 0.717) is 0 Å². The lowest BCUT2D eigenvalue weighted by atomic mass is 9.89. The van der Waals surface area contributed by atoms with Gasteiger partial charge in [0.05, 0.1) is 0 Å². The molecule has 1 unspecified atom stereocenters. The summed E-state index contributed by atoms with van der Waals surface area (Å²) in [4.78, 5) is 0. The molecule has 2 heteroatoms. The Hall–Kier alpha value is 0.440. The predicted molar refractivity (Wildman–Crippen MR) is 55.7 cm³/mol. The molecule has 0 spiro atoms. The standard InChI is InChI=1S/C10H19BrO/c1-2-9(8-11)7-10-3-5-12-6-4-10/h9-10H,2-8H2,1H3. The monoisotopic (exact) mass is 234 g/mol. The maximum absolute atomic E-state index is 5.34. The number of hydrogen-bond donors (Lipinski definition) is 0. The van der Waals surface area contributed by atoms with Crippen molar-refractivity contribution in [1.82, 2.24) is 0 Å². The third kappa shape index (κ3) is 3.44. The summed E-state index contributed by atoms with van der Waals surface area (Å²) in [6, 6.07) is 0. The van der Waals surface area contributed by atoms with E-state index in [1.807, 2.05) is 0 Å². The molecule has 0 amide bonds. The fourth-order valence-corrected chi connectivity index (χ4v) is 2.51. The van der Waals surface area contributed by atoms with Crippen molar-refractivity contribution >= 4 is 15.9 Å². The Morgan fingerprint density at radius 2 is 2.08 bits per heavy atom. The predicted octanol–water partition coefficient (Wildman–Crippen LogP) is 3.22. The summed E-state index contributed by atoms with van der Waals surface area (Å²) >= 11 is 3.57. The van der Waals surface area contributed by atoms with Gasteiger partial charge < -0.3 is 4.74 Å². The van der Waals surface area contributed by atoms with Crippen molar-refractivity contribution in [3.05, 3.63) is 0 Å². The highest BCUT2D eigenvalue weighted by molar-refractivity contribution is 9.09. The molecule has 0 N–H and O–H groups in total. The lowest BCUT2D eigenvalue weighted by Crippen LogP contribution is -2.18. The number of ether oxygens (including phenoxy) is 1. The zero-order chi connectivity index (χ0) is 8.81. The summed E-state index contributed by atoms with van der Waals surface area (Å²) in [5.74, 6) is 1.81. The van der Waals surface area contributed by atoms with Crippen LogP contribution in [0.4, 0.5) is 0 Å². The molecule has 0 radical (unpaired) electrons. The van der Waals surface area contributed by atoms with Crippen LogP contribution in [0.15, 0.2) is 0 Å². The van der Waals surface area contributed by atoms with Gasteiger partial charge in [0.25, 0.3) is 0 Å². The number of alkyl halides is 1. The van der Waals surface area contributed by atoms with Gasteiger partial charge >= 0.3 is 0 Å². The highest BCUT2D eigenvalue weighted by Gasteiger charge is 2.17. The molecular formula is C10H19BrO. The fourth-order valence-electron chi connectivity index (χ4n) is 1.79. The largest absolute Gasteiger partial charge is 0.381 e. The minimum absolute atomic E-state index is 0.882. The minimum atomic E-state index is 0.882. The van der Waals surface area contributed by atoms with Crippen molar-refractivity contribution in [2.45, 2.75) is 32.6 Å². The van der Waals surface area contributed by atoms with Crippen LogP contribution in [0.3, 0.4) is 0 Å². The topological polar surface area (TPSA) is 9.23 Å². The third-order valence-electron chi connectivity index (χ3n) is 2.80. The van der Waals surface area contributed by atoms with E-state index in [1.165, 1.54) is 31.0 Å². The van der Waals surface area contributed by atoms with Crippen molar-refractivity contribution in [1.29, 1.82) is 0 Å². The van der Waals surface area contributed by atoms with Gasteiger partial charge in [-0.1, -0.05) is 29.3 Å². The van der Waals surface area contributed by atoms with Gasteiger partial charge in [-0.3, -0.25) is 0 Å². The summed E-state index contributed by atoms with van der Waals surface area (Å²) in [7, 11) is 0. The van der Waals surface area contributed by atoms with Crippen molar-refractivity contribution in [3.8, 4) is 0 Å². The molecule has 0 saturated carbocycles. The van der Waals surface area contributed by atoms with Gasteiger partial charge in [-0.25, -0.2) is 0 Å². The van der Waals surface area contributed by atoms with Gasteiger partial charge in [-0.15, -0.1) is 0 Å². The molecule has 0 aromatic heterocycles. The first-order chi connectivity index (χ1) is 5.86. The Kier molecular flexibility index (Phi) is 5.24. The second kappa shape index (κ2) is 5.98. The Labute approximate surface area is 84.0 Å². The normalized spacial score (nSPS) is 22.5. The van der Waals surface area contributed by atoms with Gasteiger partial charge in [0, 0.05) is 18.5 Å². The quantitative estimate of drug-likeness (QED) is 0.680. The van der Waals surface area contributed by atoms with E-state index in [1.54, 1.807) is 0 Å². The van der Waals surface area contributed by atoms with Crippen LogP contribution in [0.1, 0.15) is 32.6 Å². The molecule has 0 bridgehead atoms. The van der Waals surface area contributed by atoms with Gasteiger partial charge in [0.15, 0.2) is 0 Å². The van der Waals surface area contributed by atoms with Gasteiger partial charge in [0.1, 0.15) is 0 Å². The van der Waals surface area contributed by atoms with E-state index in [2.05, 4.69) is 22.9 Å². The van der Waals surface area contributed by atoms with Crippen LogP contribution < -0.4 is 0 Å². The Morgan fingerprint density at radius 1 is 1.42 bits per heavy atom. The van der Waals surface area contributed by atoms with Crippen LogP contribution in [0.5, 0.6) is 0 Å². The summed E-state index contributed by atoms with van der Waals surface area (Å²) in [6.07, 6.45) is 5.26. The molecular weight excluding hydrogens is 216 g/mol. The molecule has 0 aromatic rings. The van der Waals surface area contributed by atoms with E-state index in [4.69, 9.17) is 4.74 Å². The van der Waals surface area contributed by atoms with E-state index in [0.717, 1.165) is 25.0 Å². The Balaban J connectivity index is 2.18. The second-order valence-electron chi connectivity index (χ2n) is 3.72. The molecule has 1 rings (SSSR count). The van der Waals surface area contributed by atoms with E-state index in [-0.39, 0.29) is 0 Å². The number of halogens is 1. The lowest BCUT2D eigenvalue weighted by Gasteiger charge is -2.25. The van der Waals surface area contributed by atoms with Crippen LogP contribution in [0.25, 0.3) is 0 Å². The Bertz CT molecular complexity index is 106. The van der Waals surface area contributed by atoms with Crippen LogP contribution in [-0.2, 0) is 4.74 Å². The van der Waals surface area contributed by atoms with Crippen LogP contribution in [0, 0.1) is 11.8 Å². The maximum Gasteiger partial charge on any atom is 0.0468 e. The summed E-state index contributed by atoms with van der Waals surface area (Å²) in [5, 5.41) is 1.17. The van der Waals surface area contributed by atoms with Gasteiger partial charge in [0.2, 0.25) is 0 Å². The first kappa shape index (κ1) is 10.5. The second-order valence-corrected chi connectivity index (χ2v) is 4.37. The van der Waals surface area contributed by atoms with Crippen molar-refractivity contribution in [2.75, 3.05) is 18.5 Å². The highest BCUT2D eigenvalue weighted by atomic mass is 79.9. The molecule has 0 aliphatic carbocycles. The molecule has 1 heterocycles. The van der Waals surface area contributed by atoms with E-state index < -0.39 is 0 Å². The molecule has 1 fully saturated rings. The number of rotatable bonds is 4. The van der Waals surface area contributed by atoms with Crippen molar-refractivity contribution < 1.29 is 4.74 Å². The third-order valence-corrected chi connectivity index (χ3v) is 3.72. The van der Waals surface area contributed by atoms with E-state index in [9.17, 15) is 0 Å². The molecule has 0 aromatic carbocycles. The minimum Gasteiger partial charge on any atom is -0.381 e. The first-order valence-electron chi connectivity index (χ1n) is 5.00. The molecule has 1 aliphatic heterocycles. The first-order valence-corrected chi connectivity index (χ1v) is 6.12. The smallest absolute Gasteiger partial charge is 0.0468 e. The fraction of sp³-hybridized carbons (Fsp3) is 1.00. The molecule has 1 aliphatic rings. The summed E-state index contributed by atoms with van der Waals surface area (Å²) in [6.45, 7) is 4.26. The average molecular weight is 235 g/mol. The zero-order valence-electron chi connectivity index (χ0n) is 7.89. The average Bonchev–Trinajstić information content (AvgIpc) is 2.16. The van der Waals surface area contributed by atoms with E-state index >= 15 is 0 Å². The van der Waals surface area contributed by atoms with Crippen LogP contribution >= 0.6 is 15.9 Å². The molecule has 1 nitrogen and oxygen atoms in total. The van der Waals surface area contributed by atoms with Crippen molar-refractivity contribution in [2.24, 2.45) is 11.8 Å².